The third-order valence-electron chi connectivity index (χ3n) is 8.85. The van der Waals surface area contributed by atoms with Gasteiger partial charge in [-0.15, -0.1) is 0 Å². The predicted octanol–water partition coefficient (Wildman–Crippen LogP) is 5.34. The molecule has 3 aromatic rings. The highest BCUT2D eigenvalue weighted by molar-refractivity contribution is 6.09. The lowest BCUT2D eigenvalue weighted by Gasteiger charge is -2.35. The topological polar surface area (TPSA) is 68.8 Å². The van der Waals surface area contributed by atoms with E-state index in [1.165, 1.54) is 31.4 Å². The van der Waals surface area contributed by atoms with Crippen LogP contribution in [0.2, 0.25) is 0 Å². The van der Waals surface area contributed by atoms with Crippen molar-refractivity contribution in [2.24, 2.45) is 5.92 Å². The van der Waals surface area contributed by atoms with Gasteiger partial charge in [-0.05, 0) is 70.9 Å². The average molecular weight is 574 g/mol. The lowest BCUT2D eigenvalue weighted by molar-refractivity contribution is -0.136. The van der Waals surface area contributed by atoms with Crippen molar-refractivity contribution in [1.82, 2.24) is 25.0 Å². The van der Waals surface area contributed by atoms with Crippen LogP contribution in [0.3, 0.4) is 0 Å². The Hall–Kier alpha value is -3.36. The highest BCUT2D eigenvalue weighted by Gasteiger charge is 2.30. The second-order valence-electron chi connectivity index (χ2n) is 12.2. The molecule has 1 atom stereocenters. The number of halogens is 1. The van der Waals surface area contributed by atoms with Crippen LogP contribution in [0, 0.1) is 11.7 Å². The molecule has 1 aromatic heterocycles. The Morgan fingerprint density at radius 2 is 1.86 bits per heavy atom. The van der Waals surface area contributed by atoms with Crippen LogP contribution in [-0.2, 0) is 11.3 Å². The summed E-state index contributed by atoms with van der Waals surface area (Å²) in [6.07, 6.45) is 6.77. The van der Waals surface area contributed by atoms with E-state index in [4.69, 9.17) is 4.98 Å². The standard InChI is InChI=1S/C34H44FN5O2/c1-24(25-11-6-4-7-12-25)36-34(42)32-28-21-27(35)15-16-30(28)37-33(26-13-8-5-9-14-26)29(32)22-39-19-20-40(31(41)23-39)18-10-17-38(2)3/h5,8-9,13-16,21,24-25H,4,6-7,10-12,17-20,22-23H2,1-3H3,(H,36,42)/t24-/m0/s1. The number of hydrogen-bond acceptors (Lipinski definition) is 5. The molecule has 2 heterocycles. The highest BCUT2D eigenvalue weighted by Crippen LogP contribution is 2.33. The summed E-state index contributed by atoms with van der Waals surface area (Å²) in [5.41, 5.74) is 3.37. The summed E-state index contributed by atoms with van der Waals surface area (Å²) in [6.45, 7) is 5.75. The molecule has 7 nitrogen and oxygen atoms in total. The van der Waals surface area contributed by atoms with Crippen molar-refractivity contribution >= 4 is 22.7 Å². The van der Waals surface area contributed by atoms with E-state index in [1.807, 2.05) is 49.3 Å². The van der Waals surface area contributed by atoms with E-state index in [0.717, 1.165) is 43.5 Å². The third-order valence-corrected chi connectivity index (χ3v) is 8.85. The number of aromatic nitrogens is 1. The molecule has 1 saturated carbocycles. The number of amides is 2. The van der Waals surface area contributed by atoms with Crippen molar-refractivity contribution < 1.29 is 14.0 Å². The van der Waals surface area contributed by atoms with Gasteiger partial charge in [0.05, 0.1) is 23.3 Å². The zero-order valence-electron chi connectivity index (χ0n) is 25.2. The Bertz CT molecular complexity index is 1390. The Morgan fingerprint density at radius 3 is 2.57 bits per heavy atom. The number of carbonyl (C=O) groups excluding carboxylic acids is 2. The van der Waals surface area contributed by atoms with Crippen LogP contribution >= 0.6 is 0 Å². The van der Waals surface area contributed by atoms with Crippen molar-refractivity contribution in [2.45, 2.75) is 58.0 Å². The van der Waals surface area contributed by atoms with Crippen LogP contribution in [0.5, 0.6) is 0 Å². The first-order valence-electron chi connectivity index (χ1n) is 15.4. The number of nitrogens with one attached hydrogen (secondary N) is 1. The van der Waals surface area contributed by atoms with Crippen molar-refractivity contribution in [1.29, 1.82) is 0 Å². The molecule has 224 valence electrons. The minimum atomic E-state index is -0.404. The minimum Gasteiger partial charge on any atom is -0.349 e. The maximum atomic E-state index is 14.7. The summed E-state index contributed by atoms with van der Waals surface area (Å²) >= 11 is 0. The third kappa shape index (κ3) is 7.16. The molecule has 2 amide bonds. The van der Waals surface area contributed by atoms with Crippen LogP contribution in [0.1, 0.15) is 61.4 Å². The van der Waals surface area contributed by atoms with E-state index in [0.29, 0.717) is 47.7 Å². The number of piperazine rings is 1. The number of carbonyl (C=O) groups is 2. The van der Waals surface area contributed by atoms with E-state index >= 15 is 0 Å². The lowest BCUT2D eigenvalue weighted by atomic mass is 9.84. The van der Waals surface area contributed by atoms with Gasteiger partial charge in [-0.1, -0.05) is 49.6 Å². The van der Waals surface area contributed by atoms with Crippen molar-refractivity contribution in [2.75, 3.05) is 46.8 Å². The van der Waals surface area contributed by atoms with Gasteiger partial charge in [0.25, 0.3) is 5.91 Å². The quantitative estimate of drug-likeness (QED) is 0.355. The van der Waals surface area contributed by atoms with Gasteiger partial charge in [-0.2, -0.15) is 0 Å². The SMILES string of the molecule is C[C@H](NC(=O)c1c(CN2CCN(CCCN(C)C)C(=O)C2)c(-c2ccccc2)nc2ccc(F)cc12)C1CCCCC1. The van der Waals surface area contributed by atoms with E-state index in [2.05, 4.69) is 22.0 Å². The molecule has 0 radical (unpaired) electrons. The van der Waals surface area contributed by atoms with Crippen LogP contribution < -0.4 is 5.32 Å². The van der Waals surface area contributed by atoms with Gasteiger partial charge in [0.1, 0.15) is 5.82 Å². The fourth-order valence-corrected chi connectivity index (χ4v) is 6.48. The maximum absolute atomic E-state index is 14.7. The summed E-state index contributed by atoms with van der Waals surface area (Å²) in [6, 6.07) is 14.3. The molecule has 2 aromatic carbocycles. The Labute approximate surface area is 249 Å². The molecule has 1 N–H and O–H groups in total. The fourth-order valence-electron chi connectivity index (χ4n) is 6.48. The normalized spacial score (nSPS) is 17.6. The lowest BCUT2D eigenvalue weighted by Crippen LogP contribution is -2.50. The van der Waals surface area contributed by atoms with E-state index in [-0.39, 0.29) is 24.4 Å². The van der Waals surface area contributed by atoms with Gasteiger partial charge in [0.15, 0.2) is 0 Å². The first kappa shape index (κ1) is 30.1. The Kier molecular flexibility index (Phi) is 9.85. The largest absolute Gasteiger partial charge is 0.349 e. The van der Waals surface area contributed by atoms with Crippen LogP contribution in [0.25, 0.3) is 22.2 Å². The van der Waals surface area contributed by atoms with Gasteiger partial charge in [-0.3, -0.25) is 14.5 Å². The molecular weight excluding hydrogens is 529 g/mol. The molecule has 0 unspecified atom stereocenters. The van der Waals surface area contributed by atoms with Gasteiger partial charge in [-0.25, -0.2) is 9.37 Å². The average Bonchev–Trinajstić information content (AvgIpc) is 2.98. The molecule has 1 aliphatic heterocycles. The van der Waals surface area contributed by atoms with Gasteiger partial charge >= 0.3 is 0 Å². The molecule has 8 heteroatoms. The first-order chi connectivity index (χ1) is 20.3. The first-order valence-corrected chi connectivity index (χ1v) is 15.4. The molecule has 2 aliphatic rings. The Balaban J connectivity index is 1.50. The van der Waals surface area contributed by atoms with Crippen molar-refractivity contribution in [3.63, 3.8) is 0 Å². The van der Waals surface area contributed by atoms with E-state index in [9.17, 15) is 14.0 Å². The number of pyridine rings is 1. The second-order valence-corrected chi connectivity index (χ2v) is 12.2. The molecule has 2 fully saturated rings. The number of fused-ring (bicyclic) bond motifs is 1. The Morgan fingerprint density at radius 1 is 1.10 bits per heavy atom. The monoisotopic (exact) mass is 573 g/mol. The van der Waals surface area contributed by atoms with Gasteiger partial charge in [0, 0.05) is 48.7 Å². The minimum absolute atomic E-state index is 0.00916. The van der Waals surface area contributed by atoms with E-state index < -0.39 is 5.82 Å². The molecule has 0 bridgehead atoms. The molecule has 1 aliphatic carbocycles. The van der Waals surface area contributed by atoms with Gasteiger partial charge in [0.2, 0.25) is 5.91 Å². The van der Waals surface area contributed by atoms with E-state index in [1.54, 1.807) is 6.07 Å². The molecule has 0 spiro atoms. The van der Waals surface area contributed by atoms with Gasteiger partial charge < -0.3 is 15.1 Å². The molecule has 42 heavy (non-hydrogen) atoms. The molecule has 1 saturated heterocycles. The highest BCUT2D eigenvalue weighted by atomic mass is 19.1. The smallest absolute Gasteiger partial charge is 0.252 e. The number of rotatable bonds is 10. The summed E-state index contributed by atoms with van der Waals surface area (Å²) in [4.78, 5) is 38.5. The van der Waals surface area contributed by atoms with Crippen LogP contribution in [0.15, 0.2) is 48.5 Å². The molecular formula is C34H44FN5O2. The zero-order chi connectivity index (χ0) is 29.6. The van der Waals surface area contributed by atoms with Crippen molar-refractivity contribution in [3.05, 3.63) is 65.5 Å². The zero-order valence-corrected chi connectivity index (χ0v) is 25.2. The predicted molar refractivity (Wildman–Crippen MR) is 166 cm³/mol. The number of benzene rings is 2. The second kappa shape index (κ2) is 13.7. The fraction of sp³-hybridized carbons (Fsp3) is 0.500. The van der Waals surface area contributed by atoms with Crippen LogP contribution in [0.4, 0.5) is 4.39 Å². The van der Waals surface area contributed by atoms with Crippen LogP contribution in [-0.4, -0.2) is 84.4 Å². The maximum Gasteiger partial charge on any atom is 0.252 e. The summed E-state index contributed by atoms with van der Waals surface area (Å²) < 4.78 is 14.7. The molecule has 5 rings (SSSR count). The summed E-state index contributed by atoms with van der Waals surface area (Å²) in [7, 11) is 4.08. The summed E-state index contributed by atoms with van der Waals surface area (Å²) in [5, 5.41) is 3.80. The number of nitrogens with zero attached hydrogens (tertiary/aromatic N) is 4. The van der Waals surface area contributed by atoms with Crippen molar-refractivity contribution in [3.8, 4) is 11.3 Å². The number of hydrogen-bond donors (Lipinski definition) is 1. The summed E-state index contributed by atoms with van der Waals surface area (Å²) in [5.74, 6) is -0.0775.